The quantitative estimate of drug-likeness (QED) is 0.911. The normalized spacial score (nSPS) is 10.8. The monoisotopic (exact) mass is 332 g/mol. The van der Waals surface area contributed by atoms with E-state index in [-0.39, 0.29) is 6.42 Å². The molecule has 0 saturated carbocycles. The molecule has 2 aromatic rings. The van der Waals surface area contributed by atoms with Crippen LogP contribution in [0.2, 0.25) is 0 Å². The number of nitriles is 1. The van der Waals surface area contributed by atoms with Gasteiger partial charge in [0.05, 0.1) is 17.4 Å². The molecule has 7 heteroatoms. The van der Waals surface area contributed by atoms with Crippen molar-refractivity contribution in [2.24, 2.45) is 0 Å². The van der Waals surface area contributed by atoms with Gasteiger partial charge in [-0.3, -0.25) is 4.79 Å². The Morgan fingerprint density at radius 1 is 1.17 bits per heavy atom. The van der Waals surface area contributed by atoms with Crippen molar-refractivity contribution < 1.29 is 17.6 Å². The number of rotatable bonds is 5. The first kappa shape index (κ1) is 16.6. The molecule has 1 N–H and O–H groups in total. The van der Waals surface area contributed by atoms with Crippen LogP contribution in [0.25, 0.3) is 0 Å². The molecular formula is C16H13FN2O3S. The van der Waals surface area contributed by atoms with Gasteiger partial charge in [-0.25, -0.2) is 12.8 Å². The van der Waals surface area contributed by atoms with Crippen LogP contribution in [0.1, 0.15) is 12.0 Å². The fourth-order valence-electron chi connectivity index (χ4n) is 1.92. The van der Waals surface area contributed by atoms with E-state index >= 15 is 0 Å². The van der Waals surface area contributed by atoms with E-state index in [0.717, 1.165) is 6.07 Å². The lowest BCUT2D eigenvalue weighted by Crippen LogP contribution is -2.18. The minimum atomic E-state index is -3.88. The second-order valence-corrected chi connectivity index (χ2v) is 6.82. The van der Waals surface area contributed by atoms with Crippen molar-refractivity contribution in [3.05, 3.63) is 59.9 Å². The largest absolute Gasteiger partial charge is 0.326 e. The van der Waals surface area contributed by atoms with E-state index in [4.69, 9.17) is 5.26 Å². The fraction of sp³-hybridized carbons (Fsp3) is 0.125. The third-order valence-electron chi connectivity index (χ3n) is 3.04. The van der Waals surface area contributed by atoms with Gasteiger partial charge >= 0.3 is 0 Å². The summed E-state index contributed by atoms with van der Waals surface area (Å²) in [4.78, 5) is 11.4. The van der Waals surface area contributed by atoms with Crippen molar-refractivity contribution in [2.75, 3.05) is 11.1 Å². The highest BCUT2D eigenvalue weighted by Crippen LogP contribution is 2.16. The van der Waals surface area contributed by atoms with Crippen molar-refractivity contribution in [1.29, 1.82) is 5.26 Å². The Kier molecular flexibility index (Phi) is 5.09. The summed E-state index contributed by atoms with van der Waals surface area (Å²) >= 11 is 0. The van der Waals surface area contributed by atoms with Crippen LogP contribution in [0.15, 0.2) is 53.4 Å². The second-order valence-electron chi connectivity index (χ2n) is 4.74. The Bertz CT molecular complexity index is 873. The summed E-state index contributed by atoms with van der Waals surface area (Å²) < 4.78 is 37.6. The van der Waals surface area contributed by atoms with E-state index in [9.17, 15) is 17.6 Å². The van der Waals surface area contributed by atoms with Gasteiger partial charge in [-0.1, -0.05) is 18.2 Å². The molecule has 0 aliphatic rings. The van der Waals surface area contributed by atoms with Gasteiger partial charge in [0.1, 0.15) is 10.7 Å². The Balaban J connectivity index is 2.01. The molecule has 0 heterocycles. The highest BCUT2D eigenvalue weighted by atomic mass is 32.2. The molecule has 0 atom stereocenters. The smallest absolute Gasteiger partial charge is 0.225 e. The molecule has 0 unspecified atom stereocenters. The maximum absolute atomic E-state index is 13.5. The number of hydrogen-bond donors (Lipinski definition) is 1. The number of nitrogens with zero attached hydrogens (tertiary/aromatic N) is 1. The zero-order valence-corrected chi connectivity index (χ0v) is 12.8. The van der Waals surface area contributed by atoms with Crippen LogP contribution in [-0.4, -0.2) is 20.1 Å². The van der Waals surface area contributed by atoms with E-state index < -0.39 is 32.2 Å². The number of anilines is 1. The third-order valence-corrected chi connectivity index (χ3v) is 4.79. The number of sulfone groups is 1. The summed E-state index contributed by atoms with van der Waals surface area (Å²) in [6.45, 7) is 0. The first-order chi connectivity index (χ1) is 10.9. The highest BCUT2D eigenvalue weighted by Gasteiger charge is 2.20. The van der Waals surface area contributed by atoms with Crippen molar-refractivity contribution >= 4 is 21.4 Å². The van der Waals surface area contributed by atoms with Crippen LogP contribution in [0.4, 0.5) is 10.1 Å². The van der Waals surface area contributed by atoms with Crippen molar-refractivity contribution in [3.63, 3.8) is 0 Å². The summed E-state index contributed by atoms with van der Waals surface area (Å²) in [6.07, 6.45) is -0.312. The van der Waals surface area contributed by atoms with E-state index in [1.807, 2.05) is 6.07 Å². The topological polar surface area (TPSA) is 87.0 Å². The summed E-state index contributed by atoms with van der Waals surface area (Å²) in [5.74, 6) is -1.87. The Hall–Kier alpha value is -2.72. The molecule has 2 rings (SSSR count). The van der Waals surface area contributed by atoms with E-state index in [1.54, 1.807) is 18.2 Å². The van der Waals surface area contributed by atoms with Gasteiger partial charge in [0.25, 0.3) is 0 Å². The molecule has 0 saturated heterocycles. The van der Waals surface area contributed by atoms with Gasteiger partial charge in [0.15, 0.2) is 9.84 Å². The molecule has 0 bridgehead atoms. The lowest BCUT2D eigenvalue weighted by molar-refractivity contribution is -0.115. The Morgan fingerprint density at radius 2 is 1.91 bits per heavy atom. The molecule has 118 valence electrons. The molecule has 23 heavy (non-hydrogen) atoms. The third kappa shape index (κ3) is 4.37. The summed E-state index contributed by atoms with van der Waals surface area (Å²) in [5.41, 5.74) is 0.777. The summed E-state index contributed by atoms with van der Waals surface area (Å²) in [7, 11) is -3.88. The van der Waals surface area contributed by atoms with Crippen LogP contribution in [0, 0.1) is 17.1 Å². The van der Waals surface area contributed by atoms with Crippen LogP contribution in [0.5, 0.6) is 0 Å². The predicted octanol–water partition coefficient (Wildman–Crippen LogP) is 2.50. The Morgan fingerprint density at radius 3 is 2.61 bits per heavy atom. The molecule has 1 amide bonds. The Labute approximate surface area is 133 Å². The van der Waals surface area contributed by atoms with E-state index in [1.165, 1.54) is 24.3 Å². The summed E-state index contributed by atoms with van der Waals surface area (Å²) in [5, 5.41) is 11.3. The summed E-state index contributed by atoms with van der Waals surface area (Å²) in [6, 6.07) is 13.2. The average Bonchev–Trinajstić information content (AvgIpc) is 2.53. The highest BCUT2D eigenvalue weighted by molar-refractivity contribution is 7.91. The zero-order chi connectivity index (χ0) is 16.9. The van der Waals surface area contributed by atoms with Gasteiger partial charge in [0.2, 0.25) is 5.91 Å². The van der Waals surface area contributed by atoms with Crippen LogP contribution < -0.4 is 5.32 Å². The first-order valence-electron chi connectivity index (χ1n) is 6.70. The number of halogens is 1. The number of carbonyl (C=O) groups excluding carboxylic acids is 1. The minimum absolute atomic E-state index is 0.312. The van der Waals surface area contributed by atoms with Crippen molar-refractivity contribution in [2.45, 2.75) is 11.3 Å². The van der Waals surface area contributed by atoms with Crippen LogP contribution in [-0.2, 0) is 14.6 Å². The van der Waals surface area contributed by atoms with Crippen molar-refractivity contribution in [1.82, 2.24) is 0 Å². The molecule has 0 aliphatic heterocycles. The minimum Gasteiger partial charge on any atom is -0.326 e. The molecule has 0 aromatic heterocycles. The van der Waals surface area contributed by atoms with E-state index in [2.05, 4.69) is 5.32 Å². The number of hydrogen-bond acceptors (Lipinski definition) is 4. The molecule has 2 aromatic carbocycles. The molecule has 0 fully saturated rings. The molecule has 0 radical (unpaired) electrons. The molecule has 0 spiro atoms. The van der Waals surface area contributed by atoms with E-state index in [0.29, 0.717) is 11.3 Å². The molecule has 5 nitrogen and oxygen atoms in total. The van der Waals surface area contributed by atoms with Gasteiger partial charge in [-0.15, -0.1) is 0 Å². The lowest BCUT2D eigenvalue weighted by Gasteiger charge is -2.07. The standard InChI is InChI=1S/C16H13FN2O3S/c17-14-6-1-2-7-15(14)23(21,22)9-8-16(20)19-13-5-3-4-12(10-13)11-18/h1-7,10H,8-9H2,(H,19,20). The van der Waals surface area contributed by atoms with Crippen LogP contribution in [0.3, 0.4) is 0 Å². The number of carbonyl (C=O) groups is 1. The number of nitrogens with one attached hydrogen (secondary N) is 1. The second kappa shape index (κ2) is 7.03. The predicted molar refractivity (Wildman–Crippen MR) is 82.9 cm³/mol. The molecule has 0 aliphatic carbocycles. The SMILES string of the molecule is N#Cc1cccc(NC(=O)CCS(=O)(=O)c2ccccc2F)c1. The van der Waals surface area contributed by atoms with Gasteiger partial charge in [-0.05, 0) is 30.3 Å². The van der Waals surface area contributed by atoms with Gasteiger partial charge < -0.3 is 5.32 Å². The average molecular weight is 332 g/mol. The first-order valence-corrected chi connectivity index (χ1v) is 8.35. The zero-order valence-electron chi connectivity index (χ0n) is 12.0. The molecular weight excluding hydrogens is 319 g/mol. The number of benzene rings is 2. The van der Waals surface area contributed by atoms with Gasteiger partial charge in [0, 0.05) is 12.1 Å². The lowest BCUT2D eigenvalue weighted by atomic mass is 10.2. The van der Waals surface area contributed by atoms with Crippen LogP contribution >= 0.6 is 0 Å². The number of amides is 1. The maximum Gasteiger partial charge on any atom is 0.225 e. The fourth-order valence-corrected chi connectivity index (χ4v) is 3.25. The maximum atomic E-state index is 13.5. The van der Waals surface area contributed by atoms with Crippen molar-refractivity contribution in [3.8, 4) is 6.07 Å². The van der Waals surface area contributed by atoms with Gasteiger partial charge in [-0.2, -0.15) is 5.26 Å².